The molecule has 0 N–H and O–H groups in total. The normalized spacial score (nSPS) is 12.4. The summed E-state index contributed by atoms with van der Waals surface area (Å²) >= 11 is 0. The molecule has 1 aliphatic rings. The summed E-state index contributed by atoms with van der Waals surface area (Å²) in [5, 5.41) is 3.73. The zero-order valence-electron chi connectivity index (χ0n) is 16.6. The van der Waals surface area contributed by atoms with E-state index < -0.39 is 0 Å². The molecule has 0 amide bonds. The average molecular weight is 384 g/mol. The molecule has 3 aromatic rings. The lowest BCUT2D eigenvalue weighted by Crippen LogP contribution is -2.00. The van der Waals surface area contributed by atoms with Gasteiger partial charge in [-0.15, -0.1) is 0 Å². The van der Waals surface area contributed by atoms with Gasteiger partial charge < -0.3 is 28.4 Å². The Balaban J connectivity index is 2.06. The molecule has 3 aromatic carbocycles. The van der Waals surface area contributed by atoms with Crippen LogP contribution in [0.25, 0.3) is 21.5 Å². The van der Waals surface area contributed by atoms with Crippen molar-refractivity contribution in [2.24, 2.45) is 0 Å². The van der Waals surface area contributed by atoms with Crippen LogP contribution in [-0.2, 0) is 0 Å². The molecule has 28 heavy (non-hydrogen) atoms. The summed E-state index contributed by atoms with van der Waals surface area (Å²) < 4.78 is 34.2. The van der Waals surface area contributed by atoms with E-state index >= 15 is 0 Å². The second kappa shape index (κ2) is 7.54. The van der Waals surface area contributed by atoms with E-state index in [1.54, 1.807) is 21.3 Å². The summed E-state index contributed by atoms with van der Waals surface area (Å²) in [6.45, 7) is 2.98. The Labute approximate surface area is 163 Å². The summed E-state index contributed by atoms with van der Waals surface area (Å²) in [5.74, 6) is 3.98. The number of ether oxygens (including phenoxy) is 6. The van der Waals surface area contributed by atoms with Crippen molar-refractivity contribution in [3.63, 3.8) is 0 Å². The zero-order valence-corrected chi connectivity index (χ0v) is 16.6. The topological polar surface area (TPSA) is 55.4 Å². The highest BCUT2D eigenvalue weighted by Crippen LogP contribution is 2.49. The van der Waals surface area contributed by atoms with Gasteiger partial charge in [-0.05, 0) is 36.1 Å². The van der Waals surface area contributed by atoms with Gasteiger partial charge in [-0.3, -0.25) is 0 Å². The molecule has 4 rings (SSSR count). The first-order valence-electron chi connectivity index (χ1n) is 9.33. The Hall–Kier alpha value is -3.02. The molecule has 0 saturated heterocycles. The van der Waals surface area contributed by atoms with Crippen LogP contribution in [-0.4, -0.2) is 34.7 Å². The van der Waals surface area contributed by atoms with Crippen LogP contribution in [0.4, 0.5) is 0 Å². The molecule has 0 aliphatic carbocycles. The van der Waals surface area contributed by atoms with Crippen molar-refractivity contribution in [3.05, 3.63) is 24.3 Å². The molecule has 0 aromatic heterocycles. The van der Waals surface area contributed by atoms with Crippen LogP contribution in [0.5, 0.6) is 34.5 Å². The number of benzene rings is 3. The number of fused-ring (bicyclic) bond motifs is 3. The summed E-state index contributed by atoms with van der Waals surface area (Å²) in [6.07, 6.45) is 2.02. The summed E-state index contributed by atoms with van der Waals surface area (Å²) in [7, 11) is 4.84. The fraction of sp³-hybridized carbons (Fsp3) is 0.364. The van der Waals surface area contributed by atoms with Crippen molar-refractivity contribution < 1.29 is 28.4 Å². The van der Waals surface area contributed by atoms with Crippen LogP contribution < -0.4 is 28.4 Å². The Kier molecular flexibility index (Phi) is 4.94. The highest BCUT2D eigenvalue weighted by Gasteiger charge is 2.23. The standard InChI is InChI=1S/C22H24O6/c1-5-6-7-26-20-14-10-18-17(27-12-28-18)9-13(14)8-15-16(20)11-19(23-2)22(25-4)21(15)24-3/h8-11H,5-7,12H2,1-4H3. The minimum Gasteiger partial charge on any atom is -0.493 e. The van der Waals surface area contributed by atoms with Gasteiger partial charge in [0, 0.05) is 16.2 Å². The first kappa shape index (κ1) is 18.3. The Morgan fingerprint density at radius 3 is 2.18 bits per heavy atom. The third kappa shape index (κ3) is 2.89. The van der Waals surface area contributed by atoms with E-state index in [1.807, 2.05) is 18.2 Å². The van der Waals surface area contributed by atoms with Crippen LogP contribution in [0.3, 0.4) is 0 Å². The van der Waals surface area contributed by atoms with E-state index in [9.17, 15) is 0 Å². The fourth-order valence-electron chi connectivity index (χ4n) is 3.56. The monoisotopic (exact) mass is 384 g/mol. The highest BCUT2D eigenvalue weighted by molar-refractivity contribution is 6.09. The Morgan fingerprint density at radius 2 is 1.50 bits per heavy atom. The van der Waals surface area contributed by atoms with Gasteiger partial charge in [0.2, 0.25) is 12.5 Å². The SMILES string of the molecule is CCCCOc1c2cc3c(cc2cc2c(OC)c(OC)c(OC)cc12)OCO3. The molecule has 6 heteroatoms. The third-order valence-electron chi connectivity index (χ3n) is 4.95. The van der Waals surface area contributed by atoms with E-state index in [0.717, 1.165) is 51.6 Å². The largest absolute Gasteiger partial charge is 0.493 e. The minimum absolute atomic E-state index is 0.224. The highest BCUT2D eigenvalue weighted by atomic mass is 16.7. The van der Waals surface area contributed by atoms with Gasteiger partial charge in [0.05, 0.1) is 27.9 Å². The molecule has 0 atom stereocenters. The van der Waals surface area contributed by atoms with Crippen molar-refractivity contribution in [1.82, 2.24) is 0 Å². The average Bonchev–Trinajstić information content (AvgIpc) is 3.17. The second-order valence-corrected chi connectivity index (χ2v) is 6.57. The van der Waals surface area contributed by atoms with Crippen molar-refractivity contribution in [1.29, 1.82) is 0 Å². The first-order valence-corrected chi connectivity index (χ1v) is 9.33. The van der Waals surface area contributed by atoms with Crippen LogP contribution in [0.2, 0.25) is 0 Å². The van der Waals surface area contributed by atoms with Gasteiger partial charge in [0.1, 0.15) is 5.75 Å². The minimum atomic E-state index is 0.224. The lowest BCUT2D eigenvalue weighted by Gasteiger charge is -2.19. The van der Waals surface area contributed by atoms with Crippen molar-refractivity contribution in [2.75, 3.05) is 34.7 Å². The van der Waals surface area contributed by atoms with Gasteiger partial charge in [-0.1, -0.05) is 13.3 Å². The number of rotatable bonds is 7. The molecule has 0 radical (unpaired) electrons. The molecule has 6 nitrogen and oxygen atoms in total. The number of hydrogen-bond acceptors (Lipinski definition) is 6. The maximum absolute atomic E-state index is 6.26. The molecular formula is C22H24O6. The lowest BCUT2D eigenvalue weighted by atomic mass is 9.99. The molecule has 0 saturated carbocycles. The molecule has 0 spiro atoms. The van der Waals surface area contributed by atoms with E-state index in [0.29, 0.717) is 23.9 Å². The summed E-state index contributed by atoms with van der Waals surface area (Å²) in [6, 6.07) is 7.93. The molecular weight excluding hydrogens is 360 g/mol. The Bertz CT molecular complexity index is 1030. The number of hydrogen-bond donors (Lipinski definition) is 0. The fourth-order valence-corrected chi connectivity index (χ4v) is 3.56. The molecule has 0 bridgehead atoms. The number of methoxy groups -OCH3 is 3. The smallest absolute Gasteiger partial charge is 0.231 e. The van der Waals surface area contributed by atoms with Gasteiger partial charge in [0.25, 0.3) is 0 Å². The zero-order chi connectivity index (χ0) is 19.7. The Morgan fingerprint density at radius 1 is 0.786 bits per heavy atom. The predicted octanol–water partition coefficient (Wildman–Crippen LogP) is 4.93. The number of unbranched alkanes of at least 4 members (excludes halogenated alkanes) is 1. The third-order valence-corrected chi connectivity index (χ3v) is 4.95. The molecule has 1 aliphatic heterocycles. The van der Waals surface area contributed by atoms with Crippen molar-refractivity contribution >= 4 is 21.5 Å². The maximum Gasteiger partial charge on any atom is 0.231 e. The maximum atomic E-state index is 6.26. The van der Waals surface area contributed by atoms with Gasteiger partial charge >= 0.3 is 0 Å². The van der Waals surface area contributed by atoms with E-state index in [4.69, 9.17) is 28.4 Å². The van der Waals surface area contributed by atoms with E-state index in [2.05, 4.69) is 13.0 Å². The van der Waals surface area contributed by atoms with Gasteiger partial charge in [-0.2, -0.15) is 0 Å². The molecule has 148 valence electrons. The molecule has 0 unspecified atom stereocenters. The first-order chi connectivity index (χ1) is 13.7. The van der Waals surface area contributed by atoms with Crippen LogP contribution in [0, 0.1) is 0 Å². The second-order valence-electron chi connectivity index (χ2n) is 6.57. The predicted molar refractivity (Wildman–Crippen MR) is 108 cm³/mol. The lowest BCUT2D eigenvalue weighted by molar-refractivity contribution is 0.174. The summed E-state index contributed by atoms with van der Waals surface area (Å²) in [5.41, 5.74) is 0. The van der Waals surface area contributed by atoms with Crippen LogP contribution >= 0.6 is 0 Å². The van der Waals surface area contributed by atoms with Gasteiger partial charge in [0.15, 0.2) is 23.0 Å². The molecule has 1 heterocycles. The summed E-state index contributed by atoms with van der Waals surface area (Å²) in [4.78, 5) is 0. The van der Waals surface area contributed by atoms with E-state index in [-0.39, 0.29) is 6.79 Å². The van der Waals surface area contributed by atoms with E-state index in [1.165, 1.54) is 0 Å². The molecule has 0 fully saturated rings. The van der Waals surface area contributed by atoms with Crippen LogP contribution in [0.15, 0.2) is 24.3 Å². The van der Waals surface area contributed by atoms with Crippen molar-refractivity contribution in [2.45, 2.75) is 19.8 Å². The van der Waals surface area contributed by atoms with Crippen molar-refractivity contribution in [3.8, 4) is 34.5 Å². The van der Waals surface area contributed by atoms with Gasteiger partial charge in [-0.25, -0.2) is 0 Å². The van der Waals surface area contributed by atoms with Crippen LogP contribution in [0.1, 0.15) is 19.8 Å². The quantitative estimate of drug-likeness (QED) is 0.425.